The number of hydrogen-bond donors (Lipinski definition) is 1. The fourth-order valence-corrected chi connectivity index (χ4v) is 3.22. The Morgan fingerprint density at radius 1 is 1.19 bits per heavy atom. The highest BCUT2D eigenvalue weighted by Gasteiger charge is 2.30. The normalized spacial score (nSPS) is 13.2. The van der Waals surface area contributed by atoms with E-state index in [-0.39, 0.29) is 29.7 Å². The van der Waals surface area contributed by atoms with E-state index in [0.29, 0.717) is 11.1 Å². The number of ketones is 1. The average Bonchev–Trinajstić information content (AvgIpc) is 2.79. The summed E-state index contributed by atoms with van der Waals surface area (Å²) in [6.07, 6.45) is 1.49. The molecule has 0 saturated carbocycles. The number of halogens is 1. The molecule has 0 unspecified atom stereocenters. The number of nitriles is 1. The minimum absolute atomic E-state index is 0.0184. The van der Waals surface area contributed by atoms with Gasteiger partial charge in [-0.1, -0.05) is 36.4 Å². The van der Waals surface area contributed by atoms with E-state index in [0.717, 1.165) is 11.1 Å². The lowest BCUT2D eigenvalue weighted by Gasteiger charge is -2.27. The zero-order valence-corrected chi connectivity index (χ0v) is 17.2. The SMILES string of the molecule is COC(N)=N[C@@](C)(c1ccc(F)cc1)c1cccc(CC(=O)c2ccc(C#N)cn2)c1. The van der Waals surface area contributed by atoms with E-state index in [2.05, 4.69) is 9.98 Å². The number of aliphatic imine (C=N–C) groups is 1. The van der Waals surface area contributed by atoms with Crippen molar-refractivity contribution in [3.8, 4) is 6.07 Å². The Hall–Kier alpha value is -4.05. The Morgan fingerprint density at radius 2 is 1.94 bits per heavy atom. The molecule has 6 nitrogen and oxygen atoms in total. The highest BCUT2D eigenvalue weighted by molar-refractivity contribution is 5.95. The first-order valence-electron chi connectivity index (χ1n) is 9.50. The lowest BCUT2D eigenvalue weighted by Crippen LogP contribution is -2.27. The second-order valence-corrected chi connectivity index (χ2v) is 7.08. The van der Waals surface area contributed by atoms with Gasteiger partial charge >= 0.3 is 0 Å². The minimum Gasteiger partial charge on any atom is -0.469 e. The van der Waals surface area contributed by atoms with E-state index in [9.17, 15) is 9.18 Å². The molecule has 0 aliphatic heterocycles. The number of Topliss-reactive ketones (excluding diaryl/α,β-unsaturated/α-hetero) is 1. The van der Waals surface area contributed by atoms with Crippen LogP contribution < -0.4 is 5.73 Å². The van der Waals surface area contributed by atoms with Crippen LogP contribution in [0, 0.1) is 17.1 Å². The molecule has 0 amide bonds. The summed E-state index contributed by atoms with van der Waals surface area (Å²) in [6.45, 7) is 1.84. The van der Waals surface area contributed by atoms with E-state index < -0.39 is 5.54 Å². The molecule has 156 valence electrons. The highest BCUT2D eigenvalue weighted by Crippen LogP contribution is 2.34. The van der Waals surface area contributed by atoms with Crippen LogP contribution in [-0.2, 0) is 16.7 Å². The van der Waals surface area contributed by atoms with Gasteiger partial charge in [0, 0.05) is 12.6 Å². The van der Waals surface area contributed by atoms with Gasteiger partial charge in [0.25, 0.3) is 6.02 Å². The predicted molar refractivity (Wildman–Crippen MR) is 115 cm³/mol. The van der Waals surface area contributed by atoms with Crippen molar-refractivity contribution in [2.45, 2.75) is 18.9 Å². The van der Waals surface area contributed by atoms with Gasteiger partial charge in [-0.3, -0.25) is 9.78 Å². The summed E-state index contributed by atoms with van der Waals surface area (Å²) in [5.74, 6) is -0.533. The Kier molecular flexibility index (Phi) is 6.41. The van der Waals surface area contributed by atoms with Gasteiger partial charge in [0.15, 0.2) is 5.78 Å². The fourth-order valence-electron chi connectivity index (χ4n) is 3.22. The van der Waals surface area contributed by atoms with Crippen LogP contribution in [0.1, 0.15) is 39.7 Å². The first-order valence-corrected chi connectivity index (χ1v) is 9.50. The number of aromatic nitrogens is 1. The number of rotatable bonds is 6. The number of ether oxygens (including phenoxy) is 1. The van der Waals surface area contributed by atoms with Gasteiger partial charge < -0.3 is 10.5 Å². The molecule has 1 heterocycles. The van der Waals surface area contributed by atoms with Crippen molar-refractivity contribution in [3.05, 3.63) is 101 Å². The van der Waals surface area contributed by atoms with Crippen LogP contribution in [0.5, 0.6) is 0 Å². The monoisotopic (exact) mass is 416 g/mol. The summed E-state index contributed by atoms with van der Waals surface area (Å²) < 4.78 is 18.5. The maximum absolute atomic E-state index is 13.5. The first-order chi connectivity index (χ1) is 14.9. The van der Waals surface area contributed by atoms with Crippen LogP contribution in [0.2, 0.25) is 0 Å². The number of methoxy groups -OCH3 is 1. The van der Waals surface area contributed by atoms with Crippen molar-refractivity contribution in [2.24, 2.45) is 10.7 Å². The molecule has 31 heavy (non-hydrogen) atoms. The van der Waals surface area contributed by atoms with E-state index in [1.54, 1.807) is 18.2 Å². The third kappa shape index (κ3) is 4.93. The molecule has 3 rings (SSSR count). The number of amidine groups is 1. The molecule has 2 N–H and O–H groups in total. The van der Waals surface area contributed by atoms with E-state index in [1.165, 1.54) is 31.5 Å². The van der Waals surface area contributed by atoms with Crippen LogP contribution in [0.25, 0.3) is 0 Å². The smallest absolute Gasteiger partial charge is 0.282 e. The number of hydrogen-bond acceptors (Lipinski definition) is 5. The second-order valence-electron chi connectivity index (χ2n) is 7.08. The standard InChI is InChI=1S/C24H21FN4O2/c1-24(29-23(27)31-2,18-7-9-20(25)10-8-18)19-5-3-4-16(12-19)13-22(30)21-11-6-17(14-26)15-28-21/h3-12,15H,13H2,1-2H3,(H2,27,29)/t24-/m0/s1. The van der Waals surface area contributed by atoms with Crippen LogP contribution in [0.3, 0.4) is 0 Å². The summed E-state index contributed by atoms with van der Waals surface area (Å²) >= 11 is 0. The zero-order chi connectivity index (χ0) is 22.4. The molecule has 1 atom stereocenters. The van der Waals surface area contributed by atoms with E-state index in [1.807, 2.05) is 37.3 Å². The van der Waals surface area contributed by atoms with E-state index >= 15 is 0 Å². The molecule has 7 heteroatoms. The molecule has 0 aliphatic rings. The maximum Gasteiger partial charge on any atom is 0.282 e. The van der Waals surface area contributed by atoms with Crippen molar-refractivity contribution in [1.29, 1.82) is 5.26 Å². The molecule has 0 aliphatic carbocycles. The third-order valence-corrected chi connectivity index (χ3v) is 4.98. The van der Waals surface area contributed by atoms with Crippen molar-refractivity contribution in [2.75, 3.05) is 7.11 Å². The fraction of sp³-hybridized carbons (Fsp3) is 0.167. The molecule has 0 bridgehead atoms. The van der Waals surface area contributed by atoms with Crippen LogP contribution in [-0.4, -0.2) is 23.9 Å². The molecule has 0 saturated heterocycles. The van der Waals surface area contributed by atoms with Crippen molar-refractivity contribution in [3.63, 3.8) is 0 Å². The zero-order valence-electron chi connectivity index (χ0n) is 17.2. The topological polar surface area (TPSA) is 101 Å². The number of carbonyl (C=O) groups excluding carboxylic acids is 1. The quantitative estimate of drug-likeness (QED) is 0.375. The summed E-state index contributed by atoms with van der Waals surface area (Å²) in [4.78, 5) is 21.2. The molecule has 3 aromatic rings. The van der Waals surface area contributed by atoms with Crippen LogP contribution in [0.4, 0.5) is 4.39 Å². The largest absolute Gasteiger partial charge is 0.469 e. The molecule has 0 spiro atoms. The van der Waals surface area contributed by atoms with Crippen LogP contribution >= 0.6 is 0 Å². The first kappa shape index (κ1) is 21.7. The minimum atomic E-state index is -0.959. The Labute approximate surface area is 179 Å². The summed E-state index contributed by atoms with van der Waals surface area (Å²) in [6, 6.07) is 18.4. The number of pyridine rings is 1. The average molecular weight is 416 g/mol. The summed E-state index contributed by atoms with van der Waals surface area (Å²) in [5, 5.41) is 8.87. The maximum atomic E-state index is 13.5. The van der Waals surface area contributed by atoms with Gasteiger partial charge in [-0.25, -0.2) is 9.38 Å². The number of nitrogens with two attached hydrogens (primary N) is 1. The lowest BCUT2D eigenvalue weighted by molar-refractivity contribution is 0.0988. The second kappa shape index (κ2) is 9.18. The molecule has 0 radical (unpaired) electrons. The van der Waals surface area contributed by atoms with Gasteiger partial charge in [-0.15, -0.1) is 0 Å². The lowest BCUT2D eigenvalue weighted by atomic mass is 9.84. The number of carbonyl (C=O) groups is 1. The van der Waals surface area contributed by atoms with Gasteiger partial charge in [-0.2, -0.15) is 5.26 Å². The Bertz CT molecular complexity index is 1150. The number of benzene rings is 2. The summed E-state index contributed by atoms with van der Waals surface area (Å²) in [7, 11) is 1.42. The molecule has 0 fully saturated rings. The van der Waals surface area contributed by atoms with Crippen molar-refractivity contribution < 1.29 is 13.9 Å². The molecule has 2 aromatic carbocycles. The van der Waals surface area contributed by atoms with Crippen molar-refractivity contribution >= 4 is 11.8 Å². The Morgan fingerprint density at radius 3 is 2.55 bits per heavy atom. The van der Waals surface area contributed by atoms with Gasteiger partial charge in [0.2, 0.25) is 0 Å². The van der Waals surface area contributed by atoms with E-state index in [4.69, 9.17) is 15.7 Å². The van der Waals surface area contributed by atoms with Crippen molar-refractivity contribution in [1.82, 2.24) is 4.98 Å². The molecule has 1 aromatic heterocycles. The van der Waals surface area contributed by atoms with Crippen LogP contribution in [0.15, 0.2) is 71.9 Å². The van der Waals surface area contributed by atoms with Gasteiger partial charge in [0.05, 0.1) is 12.7 Å². The molecular weight excluding hydrogens is 395 g/mol. The highest BCUT2D eigenvalue weighted by atomic mass is 19.1. The predicted octanol–water partition coefficient (Wildman–Crippen LogP) is 3.74. The Balaban J connectivity index is 1.96. The number of nitrogens with zero attached hydrogens (tertiary/aromatic N) is 3. The van der Waals surface area contributed by atoms with Gasteiger partial charge in [-0.05, 0) is 47.9 Å². The summed E-state index contributed by atoms with van der Waals surface area (Å²) in [5.41, 5.74) is 7.80. The van der Waals surface area contributed by atoms with Gasteiger partial charge in [0.1, 0.15) is 23.1 Å². The third-order valence-electron chi connectivity index (χ3n) is 4.98. The molecular formula is C24H21FN4O2.